The fraction of sp³-hybridized carbons (Fsp3) is 0.231. The fourth-order valence-corrected chi connectivity index (χ4v) is 1.87. The van der Waals surface area contributed by atoms with E-state index in [1.54, 1.807) is 12.4 Å². The Labute approximate surface area is 109 Å². The zero-order valence-corrected chi connectivity index (χ0v) is 10.5. The predicted octanol–water partition coefficient (Wildman–Crippen LogP) is 1.44. The highest BCUT2D eigenvalue weighted by atomic mass is 16.5. The van der Waals surface area contributed by atoms with Gasteiger partial charge in [-0.3, -0.25) is 9.97 Å². The van der Waals surface area contributed by atoms with Gasteiger partial charge >= 0.3 is 0 Å². The smallest absolute Gasteiger partial charge is 0.260 e. The van der Waals surface area contributed by atoms with Crippen LogP contribution in [-0.2, 0) is 6.42 Å². The molecule has 0 radical (unpaired) electrons. The number of rotatable bonds is 4. The molecule has 0 aliphatic heterocycles. The molecule has 2 aromatic heterocycles. The summed E-state index contributed by atoms with van der Waals surface area (Å²) in [6.07, 6.45) is 4.05. The molecule has 96 valence electrons. The molecular weight excluding hydrogens is 242 g/mol. The first-order chi connectivity index (χ1) is 9.38. The Balaban J connectivity index is 2.02. The second kappa shape index (κ2) is 5.11. The molecule has 19 heavy (non-hydrogen) atoms. The Hall–Kier alpha value is -2.34. The van der Waals surface area contributed by atoms with Crippen LogP contribution >= 0.6 is 0 Å². The molecule has 0 aliphatic rings. The zero-order chi connectivity index (χ0) is 13.1. The minimum Gasteiger partial charge on any atom is -0.334 e. The lowest BCUT2D eigenvalue weighted by Gasteiger charge is -1.99. The molecule has 1 aromatic carbocycles. The first kappa shape index (κ1) is 11.7. The fourth-order valence-electron chi connectivity index (χ4n) is 1.87. The van der Waals surface area contributed by atoms with Crippen LogP contribution in [0.3, 0.4) is 0 Å². The maximum Gasteiger partial charge on any atom is 0.260 e. The number of para-hydroxylation sites is 1. The molecule has 0 amide bonds. The first-order valence-corrected chi connectivity index (χ1v) is 6.06. The number of aromatic nitrogens is 4. The molecule has 3 aromatic rings. The van der Waals surface area contributed by atoms with Crippen molar-refractivity contribution in [2.75, 3.05) is 13.6 Å². The third kappa shape index (κ3) is 2.30. The first-order valence-electron chi connectivity index (χ1n) is 6.06. The van der Waals surface area contributed by atoms with Crippen LogP contribution < -0.4 is 5.32 Å². The maximum absolute atomic E-state index is 5.30. The van der Waals surface area contributed by atoms with Gasteiger partial charge in [0.1, 0.15) is 5.52 Å². The summed E-state index contributed by atoms with van der Waals surface area (Å²) in [5.74, 6) is 1.17. The summed E-state index contributed by atoms with van der Waals surface area (Å²) in [6.45, 7) is 0.814. The highest BCUT2D eigenvalue weighted by Crippen LogP contribution is 2.24. The van der Waals surface area contributed by atoms with Crippen molar-refractivity contribution in [3.8, 4) is 11.5 Å². The molecule has 0 aliphatic carbocycles. The standard InChI is InChI=1S/C13H13N5O/c1-14-6-5-11-17-13(19-18-11)9-3-2-4-10-12(9)16-8-7-15-10/h2-4,7-8,14H,5-6H2,1H3. The van der Waals surface area contributed by atoms with Gasteiger partial charge in [0.05, 0.1) is 11.1 Å². The van der Waals surface area contributed by atoms with E-state index in [1.165, 1.54) is 0 Å². The van der Waals surface area contributed by atoms with Crippen molar-refractivity contribution in [3.63, 3.8) is 0 Å². The number of hydrogen-bond acceptors (Lipinski definition) is 6. The van der Waals surface area contributed by atoms with Crippen LogP contribution in [0.1, 0.15) is 5.82 Å². The Morgan fingerprint density at radius 3 is 3.00 bits per heavy atom. The summed E-state index contributed by atoms with van der Waals surface area (Å²) in [5, 5.41) is 7.01. The van der Waals surface area contributed by atoms with Crippen molar-refractivity contribution in [2.24, 2.45) is 0 Å². The van der Waals surface area contributed by atoms with Crippen molar-refractivity contribution in [1.82, 2.24) is 25.4 Å². The van der Waals surface area contributed by atoms with E-state index >= 15 is 0 Å². The number of likely N-dealkylation sites (N-methyl/N-ethyl adjacent to an activating group) is 1. The molecule has 1 N–H and O–H groups in total. The van der Waals surface area contributed by atoms with Crippen LogP contribution in [0.15, 0.2) is 35.1 Å². The number of hydrogen-bond donors (Lipinski definition) is 1. The predicted molar refractivity (Wildman–Crippen MR) is 70.5 cm³/mol. The van der Waals surface area contributed by atoms with E-state index in [0.29, 0.717) is 11.7 Å². The molecule has 0 saturated carbocycles. The molecule has 0 fully saturated rings. The Bertz CT molecular complexity index is 689. The van der Waals surface area contributed by atoms with Crippen molar-refractivity contribution >= 4 is 11.0 Å². The number of nitrogens with one attached hydrogen (secondary N) is 1. The van der Waals surface area contributed by atoms with Gasteiger partial charge in [-0.05, 0) is 19.2 Å². The van der Waals surface area contributed by atoms with Gasteiger partial charge in [0.2, 0.25) is 0 Å². The van der Waals surface area contributed by atoms with Crippen LogP contribution in [0.25, 0.3) is 22.5 Å². The molecular formula is C13H13N5O. The summed E-state index contributed by atoms with van der Waals surface area (Å²) in [7, 11) is 1.89. The van der Waals surface area contributed by atoms with E-state index in [9.17, 15) is 0 Å². The van der Waals surface area contributed by atoms with Crippen molar-refractivity contribution < 1.29 is 4.52 Å². The molecule has 6 nitrogen and oxygen atoms in total. The van der Waals surface area contributed by atoms with Gasteiger partial charge in [0.15, 0.2) is 5.82 Å². The third-order valence-electron chi connectivity index (χ3n) is 2.80. The van der Waals surface area contributed by atoms with Crippen LogP contribution in [0.4, 0.5) is 0 Å². The van der Waals surface area contributed by atoms with Gasteiger partial charge in [0, 0.05) is 25.4 Å². The molecule has 0 bridgehead atoms. The number of benzene rings is 1. The molecule has 0 spiro atoms. The summed E-state index contributed by atoms with van der Waals surface area (Å²) in [6, 6.07) is 5.72. The lowest BCUT2D eigenvalue weighted by Crippen LogP contribution is -2.11. The summed E-state index contributed by atoms with van der Waals surface area (Å²) >= 11 is 0. The highest BCUT2D eigenvalue weighted by Gasteiger charge is 2.12. The van der Waals surface area contributed by atoms with Crippen LogP contribution in [0.2, 0.25) is 0 Å². The molecule has 3 rings (SSSR count). The second-order valence-corrected chi connectivity index (χ2v) is 4.10. The minimum atomic E-state index is 0.484. The maximum atomic E-state index is 5.30. The Morgan fingerprint density at radius 1 is 1.21 bits per heavy atom. The average Bonchev–Trinajstić information content (AvgIpc) is 2.93. The average molecular weight is 255 g/mol. The van der Waals surface area contributed by atoms with E-state index in [0.717, 1.165) is 29.6 Å². The second-order valence-electron chi connectivity index (χ2n) is 4.10. The van der Waals surface area contributed by atoms with Gasteiger partial charge in [-0.1, -0.05) is 11.2 Å². The summed E-state index contributed by atoms with van der Waals surface area (Å²) in [5.41, 5.74) is 2.40. The van der Waals surface area contributed by atoms with Gasteiger partial charge in [-0.2, -0.15) is 4.98 Å². The highest BCUT2D eigenvalue weighted by molar-refractivity contribution is 5.88. The van der Waals surface area contributed by atoms with E-state index in [-0.39, 0.29) is 0 Å². The summed E-state index contributed by atoms with van der Waals surface area (Å²) in [4.78, 5) is 13.0. The summed E-state index contributed by atoms with van der Waals surface area (Å²) < 4.78 is 5.30. The molecule has 0 unspecified atom stereocenters. The van der Waals surface area contributed by atoms with Crippen molar-refractivity contribution in [1.29, 1.82) is 0 Å². The molecule has 0 atom stereocenters. The number of fused-ring (bicyclic) bond motifs is 1. The van der Waals surface area contributed by atoms with E-state index in [2.05, 4.69) is 25.4 Å². The Morgan fingerprint density at radius 2 is 2.11 bits per heavy atom. The monoisotopic (exact) mass is 255 g/mol. The van der Waals surface area contributed by atoms with Crippen LogP contribution in [0, 0.1) is 0 Å². The van der Waals surface area contributed by atoms with Crippen LogP contribution in [0.5, 0.6) is 0 Å². The lowest BCUT2D eigenvalue weighted by atomic mass is 10.2. The van der Waals surface area contributed by atoms with E-state index in [1.807, 2.05) is 25.2 Å². The molecule has 2 heterocycles. The van der Waals surface area contributed by atoms with E-state index < -0.39 is 0 Å². The van der Waals surface area contributed by atoms with Gasteiger partial charge in [-0.15, -0.1) is 0 Å². The largest absolute Gasteiger partial charge is 0.334 e. The topological polar surface area (TPSA) is 76.7 Å². The lowest BCUT2D eigenvalue weighted by molar-refractivity contribution is 0.422. The SMILES string of the molecule is CNCCc1noc(-c2cccc3nccnc23)n1. The van der Waals surface area contributed by atoms with Crippen molar-refractivity contribution in [3.05, 3.63) is 36.4 Å². The van der Waals surface area contributed by atoms with Crippen LogP contribution in [-0.4, -0.2) is 33.7 Å². The van der Waals surface area contributed by atoms with Gasteiger partial charge < -0.3 is 9.84 Å². The normalized spacial score (nSPS) is 11.0. The van der Waals surface area contributed by atoms with Gasteiger partial charge in [0.25, 0.3) is 5.89 Å². The minimum absolute atomic E-state index is 0.484. The quantitative estimate of drug-likeness (QED) is 0.760. The molecule has 0 saturated heterocycles. The van der Waals surface area contributed by atoms with Gasteiger partial charge in [-0.25, -0.2) is 0 Å². The number of nitrogens with zero attached hydrogens (tertiary/aromatic N) is 4. The third-order valence-corrected chi connectivity index (χ3v) is 2.80. The van der Waals surface area contributed by atoms with E-state index in [4.69, 9.17) is 4.52 Å². The zero-order valence-electron chi connectivity index (χ0n) is 10.5. The molecule has 6 heteroatoms. The Kier molecular flexibility index (Phi) is 3.16. The van der Waals surface area contributed by atoms with Crippen molar-refractivity contribution in [2.45, 2.75) is 6.42 Å².